The molecule has 5 nitrogen and oxygen atoms in total. The summed E-state index contributed by atoms with van der Waals surface area (Å²) in [6, 6.07) is 4.13. The van der Waals surface area contributed by atoms with Gasteiger partial charge in [-0.2, -0.15) is 0 Å². The molecule has 18 heavy (non-hydrogen) atoms. The van der Waals surface area contributed by atoms with Gasteiger partial charge >= 0.3 is 5.97 Å². The lowest BCUT2D eigenvalue weighted by Crippen LogP contribution is -2.38. The Morgan fingerprint density at radius 3 is 2.83 bits per heavy atom. The first-order chi connectivity index (χ1) is 8.50. The van der Waals surface area contributed by atoms with Gasteiger partial charge in [-0.05, 0) is 12.1 Å². The monoisotopic (exact) mass is 313 g/mol. The first-order valence-electron chi connectivity index (χ1n) is 5.43. The van der Waals surface area contributed by atoms with E-state index in [9.17, 15) is 14.7 Å². The molecule has 6 heteroatoms. The van der Waals surface area contributed by atoms with E-state index in [1.54, 1.807) is 18.2 Å². The van der Waals surface area contributed by atoms with Crippen molar-refractivity contribution in [3.63, 3.8) is 0 Å². The van der Waals surface area contributed by atoms with Crippen LogP contribution in [0.15, 0.2) is 22.7 Å². The third kappa shape index (κ3) is 2.33. The molecule has 0 aromatic heterocycles. The summed E-state index contributed by atoms with van der Waals surface area (Å²) in [4.78, 5) is 24.3. The molecule has 0 saturated carbocycles. The maximum Gasteiger partial charge on any atom is 0.331 e. The maximum atomic E-state index is 11.5. The molecule has 1 amide bonds. The molecule has 0 saturated heterocycles. The Kier molecular flexibility index (Phi) is 3.56. The number of hydrogen-bond donors (Lipinski definition) is 1. The van der Waals surface area contributed by atoms with Crippen LogP contribution in [-0.2, 0) is 9.59 Å². The third-order valence-electron chi connectivity index (χ3n) is 2.81. The predicted octanol–water partition coefficient (Wildman–Crippen LogP) is 1.82. The van der Waals surface area contributed by atoms with Gasteiger partial charge in [-0.3, -0.25) is 4.79 Å². The second kappa shape index (κ2) is 4.97. The Bertz CT molecular complexity index is 503. The Morgan fingerprint density at radius 1 is 1.50 bits per heavy atom. The van der Waals surface area contributed by atoms with Gasteiger partial charge in [0.1, 0.15) is 12.4 Å². The second-order valence-electron chi connectivity index (χ2n) is 3.98. The fraction of sp³-hybridized carbons (Fsp3) is 0.333. The summed E-state index contributed by atoms with van der Waals surface area (Å²) in [5.41, 5.74) is 0.499. The highest BCUT2D eigenvalue weighted by Gasteiger charge is 2.33. The molecule has 0 spiro atoms. The number of fused-ring (bicyclic) bond motifs is 1. The zero-order chi connectivity index (χ0) is 13.3. The molecule has 2 rings (SSSR count). The lowest BCUT2D eigenvalue weighted by molar-refractivity contribution is -0.149. The second-order valence-corrected chi connectivity index (χ2v) is 4.90. The molecular formula is C12H12BrNO4. The van der Waals surface area contributed by atoms with Crippen molar-refractivity contribution in [1.82, 2.24) is 4.90 Å². The van der Waals surface area contributed by atoms with Crippen LogP contribution >= 0.6 is 15.9 Å². The van der Waals surface area contributed by atoms with Crippen molar-refractivity contribution in [1.29, 1.82) is 0 Å². The highest BCUT2D eigenvalue weighted by atomic mass is 79.9. The van der Waals surface area contributed by atoms with Crippen LogP contribution in [0, 0.1) is 0 Å². The Balaban J connectivity index is 2.53. The topological polar surface area (TPSA) is 66.8 Å². The summed E-state index contributed by atoms with van der Waals surface area (Å²) in [5.74, 6) is -0.832. The summed E-state index contributed by atoms with van der Waals surface area (Å²) in [6.07, 6.45) is 0. The molecule has 1 aromatic carbocycles. The van der Waals surface area contributed by atoms with Crippen molar-refractivity contribution in [2.24, 2.45) is 0 Å². The molecule has 1 aliphatic heterocycles. The van der Waals surface area contributed by atoms with Crippen molar-refractivity contribution >= 4 is 27.8 Å². The number of benzene rings is 1. The molecule has 1 aromatic rings. The minimum Gasteiger partial charge on any atom is -0.491 e. The lowest BCUT2D eigenvalue weighted by atomic mass is 10.0. The fourth-order valence-corrected chi connectivity index (χ4v) is 2.36. The maximum absolute atomic E-state index is 11.5. The van der Waals surface area contributed by atoms with E-state index in [-0.39, 0.29) is 19.1 Å². The van der Waals surface area contributed by atoms with E-state index in [0.29, 0.717) is 11.3 Å². The molecular weight excluding hydrogens is 302 g/mol. The van der Waals surface area contributed by atoms with Gasteiger partial charge < -0.3 is 14.7 Å². The summed E-state index contributed by atoms with van der Waals surface area (Å²) >= 11 is 3.31. The molecule has 0 bridgehead atoms. The molecule has 0 radical (unpaired) electrons. The number of hydrogen-bond acceptors (Lipinski definition) is 3. The standard InChI is InChI=1S/C12H12BrNO4/c1-7(15)14-4-5-18-10-6-8(13)2-3-9(10)11(14)12(16)17/h2-3,6,11H,4-5H2,1H3,(H,16,17). The average Bonchev–Trinajstić information content (AvgIpc) is 2.47. The molecule has 0 fully saturated rings. The van der Waals surface area contributed by atoms with Crippen LogP contribution in [0.5, 0.6) is 5.75 Å². The van der Waals surface area contributed by atoms with Crippen molar-refractivity contribution in [3.05, 3.63) is 28.2 Å². The van der Waals surface area contributed by atoms with Crippen molar-refractivity contribution < 1.29 is 19.4 Å². The molecule has 1 unspecified atom stereocenters. The highest BCUT2D eigenvalue weighted by molar-refractivity contribution is 9.10. The Morgan fingerprint density at radius 2 is 2.22 bits per heavy atom. The van der Waals surface area contributed by atoms with Crippen LogP contribution in [0.2, 0.25) is 0 Å². The molecule has 1 heterocycles. The van der Waals surface area contributed by atoms with E-state index in [1.165, 1.54) is 11.8 Å². The Hall–Kier alpha value is -1.56. The van der Waals surface area contributed by atoms with Crippen LogP contribution in [0.25, 0.3) is 0 Å². The van der Waals surface area contributed by atoms with Crippen LogP contribution in [0.1, 0.15) is 18.5 Å². The van der Waals surface area contributed by atoms with E-state index in [4.69, 9.17) is 4.74 Å². The third-order valence-corrected chi connectivity index (χ3v) is 3.30. The van der Waals surface area contributed by atoms with Crippen LogP contribution in [0.4, 0.5) is 0 Å². The average molecular weight is 314 g/mol. The molecule has 96 valence electrons. The number of amides is 1. The summed E-state index contributed by atoms with van der Waals surface area (Å²) in [7, 11) is 0. The van der Waals surface area contributed by atoms with E-state index in [1.807, 2.05) is 0 Å². The van der Waals surface area contributed by atoms with Crippen LogP contribution in [0.3, 0.4) is 0 Å². The number of carbonyl (C=O) groups is 2. The van der Waals surface area contributed by atoms with Gasteiger partial charge in [-0.25, -0.2) is 4.79 Å². The zero-order valence-electron chi connectivity index (χ0n) is 9.72. The van der Waals surface area contributed by atoms with E-state index < -0.39 is 12.0 Å². The van der Waals surface area contributed by atoms with Gasteiger partial charge in [0.25, 0.3) is 0 Å². The SMILES string of the molecule is CC(=O)N1CCOc2cc(Br)ccc2C1C(=O)O. The van der Waals surface area contributed by atoms with Crippen molar-refractivity contribution in [3.8, 4) is 5.75 Å². The normalized spacial score (nSPS) is 18.6. The molecule has 1 aliphatic rings. The van der Waals surface area contributed by atoms with E-state index in [2.05, 4.69) is 15.9 Å². The van der Waals surface area contributed by atoms with E-state index in [0.717, 1.165) is 4.47 Å². The predicted molar refractivity (Wildman–Crippen MR) is 67.4 cm³/mol. The minimum absolute atomic E-state index is 0.262. The van der Waals surface area contributed by atoms with Gasteiger partial charge in [-0.1, -0.05) is 22.0 Å². The summed E-state index contributed by atoms with van der Waals surface area (Å²) < 4.78 is 6.31. The van der Waals surface area contributed by atoms with Gasteiger partial charge in [-0.15, -0.1) is 0 Å². The lowest BCUT2D eigenvalue weighted by Gasteiger charge is -2.25. The van der Waals surface area contributed by atoms with Gasteiger partial charge in [0, 0.05) is 17.0 Å². The summed E-state index contributed by atoms with van der Waals surface area (Å²) in [6.45, 7) is 1.91. The van der Waals surface area contributed by atoms with Gasteiger partial charge in [0.15, 0.2) is 6.04 Å². The number of halogens is 1. The van der Waals surface area contributed by atoms with Gasteiger partial charge in [0.2, 0.25) is 5.91 Å². The van der Waals surface area contributed by atoms with Crippen molar-refractivity contribution in [2.75, 3.05) is 13.2 Å². The summed E-state index contributed by atoms with van der Waals surface area (Å²) in [5, 5.41) is 9.34. The minimum atomic E-state index is -1.06. The number of carboxylic acids is 1. The quantitative estimate of drug-likeness (QED) is 0.858. The number of aliphatic carboxylic acids is 1. The number of carbonyl (C=O) groups excluding carboxylic acids is 1. The first kappa shape index (κ1) is 12.9. The number of rotatable bonds is 1. The largest absolute Gasteiger partial charge is 0.491 e. The number of carboxylic acid groups (broad SMARTS) is 1. The van der Waals surface area contributed by atoms with Crippen LogP contribution in [-0.4, -0.2) is 35.0 Å². The van der Waals surface area contributed by atoms with E-state index >= 15 is 0 Å². The zero-order valence-corrected chi connectivity index (χ0v) is 11.3. The van der Waals surface area contributed by atoms with Gasteiger partial charge in [0.05, 0.1) is 6.54 Å². The molecule has 1 N–H and O–H groups in total. The Labute approximate surface area is 112 Å². The fourth-order valence-electron chi connectivity index (χ4n) is 2.02. The van der Waals surface area contributed by atoms with Crippen molar-refractivity contribution in [2.45, 2.75) is 13.0 Å². The number of ether oxygens (including phenoxy) is 1. The molecule has 0 aliphatic carbocycles. The highest BCUT2D eigenvalue weighted by Crippen LogP contribution is 2.34. The smallest absolute Gasteiger partial charge is 0.331 e. The first-order valence-corrected chi connectivity index (χ1v) is 6.22. The number of nitrogens with zero attached hydrogens (tertiary/aromatic N) is 1. The molecule has 1 atom stereocenters. The van der Waals surface area contributed by atoms with Crippen LogP contribution < -0.4 is 4.74 Å².